The van der Waals surface area contributed by atoms with Crippen molar-refractivity contribution in [2.24, 2.45) is 0 Å². The molecule has 0 spiro atoms. The van der Waals surface area contributed by atoms with E-state index in [9.17, 15) is 0 Å². The minimum atomic E-state index is 1.04. The van der Waals surface area contributed by atoms with Crippen molar-refractivity contribution >= 4 is 22.7 Å². The number of thiophene rings is 2. The van der Waals surface area contributed by atoms with Crippen LogP contribution in [0.4, 0.5) is 0 Å². The predicted octanol–water partition coefficient (Wildman–Crippen LogP) is 3.63. The van der Waals surface area contributed by atoms with Crippen molar-refractivity contribution in [3.63, 3.8) is 0 Å². The summed E-state index contributed by atoms with van der Waals surface area (Å²) in [7, 11) is 0. The number of rotatable bonds is 5. The molecule has 0 radical (unpaired) electrons. The number of nitrogens with one attached hydrogen (secondary N) is 1. The zero-order valence-electron chi connectivity index (χ0n) is 9.87. The molecule has 0 atom stereocenters. The van der Waals surface area contributed by atoms with Crippen LogP contribution in [-0.2, 0) is 25.8 Å². The molecule has 1 aliphatic rings. The van der Waals surface area contributed by atoms with E-state index < -0.39 is 0 Å². The molecule has 2 aromatic rings. The van der Waals surface area contributed by atoms with Crippen LogP contribution in [0.5, 0.6) is 0 Å². The van der Waals surface area contributed by atoms with Crippen LogP contribution in [0.15, 0.2) is 22.9 Å². The summed E-state index contributed by atoms with van der Waals surface area (Å²) in [6.07, 6.45) is 5.14. The van der Waals surface area contributed by atoms with Crippen LogP contribution in [0.25, 0.3) is 0 Å². The SMILES string of the molecule is c1cc(CCNCc2cc3c(s2)CCC3)cs1. The molecule has 1 aliphatic carbocycles. The average molecular weight is 263 g/mol. The Hall–Kier alpha value is -0.640. The summed E-state index contributed by atoms with van der Waals surface area (Å²) in [4.78, 5) is 3.15. The third kappa shape index (κ3) is 2.79. The first-order valence-electron chi connectivity index (χ1n) is 6.24. The molecule has 90 valence electrons. The highest BCUT2D eigenvalue weighted by molar-refractivity contribution is 7.12. The second-order valence-corrected chi connectivity index (χ2v) is 6.57. The highest BCUT2D eigenvalue weighted by Gasteiger charge is 2.14. The fourth-order valence-electron chi connectivity index (χ4n) is 2.36. The summed E-state index contributed by atoms with van der Waals surface area (Å²) in [6.45, 7) is 2.13. The van der Waals surface area contributed by atoms with Gasteiger partial charge in [-0.3, -0.25) is 0 Å². The summed E-state index contributed by atoms with van der Waals surface area (Å²) >= 11 is 3.79. The highest BCUT2D eigenvalue weighted by Crippen LogP contribution is 2.30. The van der Waals surface area contributed by atoms with Crippen LogP contribution >= 0.6 is 22.7 Å². The summed E-state index contributed by atoms with van der Waals surface area (Å²) in [5.41, 5.74) is 3.07. The Morgan fingerprint density at radius 3 is 3.12 bits per heavy atom. The minimum absolute atomic E-state index is 1.04. The zero-order valence-corrected chi connectivity index (χ0v) is 11.5. The molecule has 0 saturated carbocycles. The first-order valence-corrected chi connectivity index (χ1v) is 8.00. The molecule has 2 aromatic heterocycles. The average Bonchev–Trinajstić information content (AvgIpc) is 3.00. The highest BCUT2D eigenvalue weighted by atomic mass is 32.1. The van der Waals surface area contributed by atoms with Gasteiger partial charge in [0, 0.05) is 16.3 Å². The molecule has 3 heteroatoms. The quantitative estimate of drug-likeness (QED) is 0.812. The topological polar surface area (TPSA) is 12.0 Å². The summed E-state index contributed by atoms with van der Waals surface area (Å²) in [5, 5.41) is 7.93. The molecular weight excluding hydrogens is 246 g/mol. The van der Waals surface area contributed by atoms with Gasteiger partial charge in [0.2, 0.25) is 0 Å². The van der Waals surface area contributed by atoms with E-state index in [2.05, 4.69) is 28.2 Å². The van der Waals surface area contributed by atoms with Crippen molar-refractivity contribution in [1.82, 2.24) is 5.32 Å². The van der Waals surface area contributed by atoms with Crippen LogP contribution in [0.1, 0.15) is 27.3 Å². The van der Waals surface area contributed by atoms with Gasteiger partial charge in [0.15, 0.2) is 0 Å². The Kier molecular flexibility index (Phi) is 3.60. The Bertz CT molecular complexity index is 449. The fraction of sp³-hybridized carbons (Fsp3) is 0.429. The molecule has 0 amide bonds. The maximum atomic E-state index is 3.54. The van der Waals surface area contributed by atoms with Crippen LogP contribution in [-0.4, -0.2) is 6.54 Å². The summed E-state index contributed by atoms with van der Waals surface area (Å²) < 4.78 is 0. The number of fused-ring (bicyclic) bond motifs is 1. The van der Waals surface area contributed by atoms with Crippen molar-refractivity contribution in [2.75, 3.05) is 6.54 Å². The predicted molar refractivity (Wildman–Crippen MR) is 76.1 cm³/mol. The second kappa shape index (κ2) is 5.34. The molecule has 17 heavy (non-hydrogen) atoms. The molecule has 0 fully saturated rings. The van der Waals surface area contributed by atoms with E-state index in [0.29, 0.717) is 0 Å². The maximum Gasteiger partial charge on any atom is 0.0300 e. The van der Waals surface area contributed by atoms with Gasteiger partial charge < -0.3 is 5.32 Å². The largest absolute Gasteiger partial charge is 0.312 e. The molecule has 0 aliphatic heterocycles. The Labute approximate surface area is 111 Å². The molecule has 0 saturated heterocycles. The van der Waals surface area contributed by atoms with Crippen molar-refractivity contribution in [1.29, 1.82) is 0 Å². The Morgan fingerprint density at radius 1 is 1.29 bits per heavy atom. The standard InChI is InChI=1S/C14H17NS2/c1-2-12-8-13(17-14(12)3-1)9-15-6-4-11-5-7-16-10-11/h5,7-8,10,15H,1-4,6,9H2. The molecule has 0 unspecified atom stereocenters. The lowest BCUT2D eigenvalue weighted by Gasteiger charge is -2.01. The monoisotopic (exact) mass is 263 g/mol. The molecule has 1 N–H and O–H groups in total. The number of aryl methyl sites for hydroxylation is 2. The van der Waals surface area contributed by atoms with E-state index in [1.54, 1.807) is 21.8 Å². The van der Waals surface area contributed by atoms with Crippen molar-refractivity contribution < 1.29 is 0 Å². The molecule has 1 nitrogen and oxygen atoms in total. The third-order valence-electron chi connectivity index (χ3n) is 3.27. The van der Waals surface area contributed by atoms with E-state index in [1.165, 1.54) is 29.7 Å². The van der Waals surface area contributed by atoms with E-state index >= 15 is 0 Å². The summed E-state index contributed by atoms with van der Waals surface area (Å²) in [6, 6.07) is 4.62. The lowest BCUT2D eigenvalue weighted by atomic mass is 10.2. The van der Waals surface area contributed by atoms with Gasteiger partial charge in [0.25, 0.3) is 0 Å². The van der Waals surface area contributed by atoms with Crippen LogP contribution in [0.3, 0.4) is 0 Å². The lowest BCUT2D eigenvalue weighted by molar-refractivity contribution is 0.694. The van der Waals surface area contributed by atoms with Crippen LogP contribution in [0.2, 0.25) is 0 Å². The Balaban J connectivity index is 1.44. The van der Waals surface area contributed by atoms with Crippen molar-refractivity contribution in [2.45, 2.75) is 32.2 Å². The summed E-state index contributed by atoms with van der Waals surface area (Å²) in [5.74, 6) is 0. The molecule has 3 rings (SSSR count). The van der Waals surface area contributed by atoms with E-state index in [4.69, 9.17) is 0 Å². The Morgan fingerprint density at radius 2 is 2.29 bits per heavy atom. The zero-order chi connectivity index (χ0) is 11.5. The third-order valence-corrected chi connectivity index (χ3v) is 5.24. The van der Waals surface area contributed by atoms with Gasteiger partial charge in [-0.1, -0.05) is 0 Å². The van der Waals surface area contributed by atoms with Gasteiger partial charge in [-0.2, -0.15) is 11.3 Å². The normalized spacial score (nSPS) is 14.1. The van der Waals surface area contributed by atoms with Gasteiger partial charge >= 0.3 is 0 Å². The lowest BCUT2D eigenvalue weighted by Crippen LogP contribution is -2.15. The first kappa shape index (κ1) is 11.5. The number of hydrogen-bond acceptors (Lipinski definition) is 3. The van der Waals surface area contributed by atoms with Crippen LogP contribution in [0, 0.1) is 0 Å². The maximum absolute atomic E-state index is 3.54. The molecule has 0 aromatic carbocycles. The van der Waals surface area contributed by atoms with E-state index in [0.717, 1.165) is 19.5 Å². The first-order chi connectivity index (χ1) is 8.42. The van der Waals surface area contributed by atoms with Gasteiger partial charge in [-0.25, -0.2) is 0 Å². The fourth-order valence-corrected chi connectivity index (χ4v) is 4.29. The van der Waals surface area contributed by atoms with Crippen LogP contribution < -0.4 is 5.32 Å². The van der Waals surface area contributed by atoms with Gasteiger partial charge in [0.05, 0.1) is 0 Å². The van der Waals surface area contributed by atoms with Crippen molar-refractivity contribution in [3.8, 4) is 0 Å². The van der Waals surface area contributed by atoms with Crippen molar-refractivity contribution in [3.05, 3.63) is 43.8 Å². The van der Waals surface area contributed by atoms with E-state index in [1.807, 2.05) is 11.3 Å². The van der Waals surface area contributed by atoms with Gasteiger partial charge in [-0.05, 0) is 66.2 Å². The number of hydrogen-bond donors (Lipinski definition) is 1. The van der Waals surface area contributed by atoms with Gasteiger partial charge in [-0.15, -0.1) is 11.3 Å². The second-order valence-electron chi connectivity index (χ2n) is 4.57. The molecular formula is C14H17NS2. The molecule has 2 heterocycles. The van der Waals surface area contributed by atoms with Gasteiger partial charge in [0.1, 0.15) is 0 Å². The molecule has 0 bridgehead atoms. The van der Waals surface area contributed by atoms with E-state index in [-0.39, 0.29) is 0 Å². The minimum Gasteiger partial charge on any atom is -0.312 e. The smallest absolute Gasteiger partial charge is 0.0300 e.